The molecule has 0 aliphatic heterocycles. The Balaban J connectivity index is 3.18. The first kappa shape index (κ1) is 13.7. The van der Waals surface area contributed by atoms with E-state index in [1.165, 1.54) is 0 Å². The van der Waals surface area contributed by atoms with E-state index in [9.17, 15) is 8.42 Å². The zero-order valence-electron chi connectivity index (χ0n) is 9.99. The molecule has 1 rings (SSSR count). The molecule has 0 saturated carbocycles. The third-order valence-corrected chi connectivity index (χ3v) is 6.04. The molecule has 0 radical (unpaired) electrons. The molecule has 1 atom stereocenters. The minimum Gasteiger partial charge on any atom is -0.228 e. The van der Waals surface area contributed by atoms with Crippen LogP contribution in [0.15, 0.2) is 28.7 Å². The lowest BCUT2D eigenvalue weighted by Crippen LogP contribution is -2.31. The summed E-state index contributed by atoms with van der Waals surface area (Å²) < 4.78 is 24.7. The molecule has 90 valence electrons. The Morgan fingerprint density at radius 3 is 2.25 bits per heavy atom. The predicted molar refractivity (Wildman–Crippen MR) is 71.2 cm³/mol. The van der Waals surface area contributed by atoms with Gasteiger partial charge in [0.25, 0.3) is 0 Å². The van der Waals surface area contributed by atoms with Gasteiger partial charge < -0.3 is 0 Å². The van der Waals surface area contributed by atoms with Crippen molar-refractivity contribution in [2.24, 2.45) is 0 Å². The van der Waals surface area contributed by atoms with E-state index < -0.39 is 19.8 Å². The van der Waals surface area contributed by atoms with Gasteiger partial charge in [0.05, 0.1) is 10.00 Å². The molecule has 0 saturated heterocycles. The SMILES string of the molecule is CC(c1cccc(Br)c1)S(=O)(=O)C(C)(C)C. The summed E-state index contributed by atoms with van der Waals surface area (Å²) in [5, 5.41) is -0.481. The topological polar surface area (TPSA) is 34.1 Å². The van der Waals surface area contributed by atoms with E-state index in [4.69, 9.17) is 0 Å². The zero-order valence-corrected chi connectivity index (χ0v) is 12.4. The summed E-state index contributed by atoms with van der Waals surface area (Å²) in [5.74, 6) is 0. The summed E-state index contributed by atoms with van der Waals surface area (Å²) in [5.41, 5.74) is 0.823. The highest BCUT2D eigenvalue weighted by Gasteiger charge is 2.35. The van der Waals surface area contributed by atoms with Gasteiger partial charge in [0, 0.05) is 4.47 Å². The molecule has 0 aromatic heterocycles. The second-order valence-electron chi connectivity index (χ2n) is 4.85. The van der Waals surface area contributed by atoms with Crippen LogP contribution in [-0.4, -0.2) is 13.2 Å². The van der Waals surface area contributed by atoms with Crippen LogP contribution in [0.25, 0.3) is 0 Å². The van der Waals surface area contributed by atoms with E-state index in [1.807, 2.05) is 24.3 Å². The van der Waals surface area contributed by atoms with Crippen LogP contribution in [0.4, 0.5) is 0 Å². The molecule has 2 nitrogen and oxygen atoms in total. The molecular weight excluding hydrogens is 288 g/mol. The summed E-state index contributed by atoms with van der Waals surface area (Å²) in [6.07, 6.45) is 0. The molecule has 0 fully saturated rings. The molecule has 0 aliphatic carbocycles. The monoisotopic (exact) mass is 304 g/mol. The first-order chi connectivity index (χ1) is 7.16. The Morgan fingerprint density at radius 1 is 1.25 bits per heavy atom. The first-order valence-corrected chi connectivity index (χ1v) is 7.49. The molecule has 0 aliphatic rings. The minimum absolute atomic E-state index is 0.481. The van der Waals surface area contributed by atoms with Crippen LogP contribution in [-0.2, 0) is 9.84 Å². The fourth-order valence-electron chi connectivity index (χ4n) is 1.47. The van der Waals surface area contributed by atoms with E-state index in [0.717, 1.165) is 10.0 Å². The number of sulfone groups is 1. The molecule has 1 unspecified atom stereocenters. The third kappa shape index (κ3) is 2.66. The van der Waals surface area contributed by atoms with Crippen molar-refractivity contribution < 1.29 is 8.42 Å². The Hall–Kier alpha value is -0.350. The molecule has 1 aromatic rings. The van der Waals surface area contributed by atoms with Crippen LogP contribution in [0.5, 0.6) is 0 Å². The zero-order chi connectivity index (χ0) is 12.6. The van der Waals surface area contributed by atoms with Crippen molar-refractivity contribution in [2.45, 2.75) is 37.7 Å². The average Bonchev–Trinajstić information content (AvgIpc) is 2.14. The maximum Gasteiger partial charge on any atom is 0.161 e. The smallest absolute Gasteiger partial charge is 0.161 e. The predicted octanol–water partition coefficient (Wildman–Crippen LogP) is 3.72. The normalized spacial score (nSPS) is 14.8. The fraction of sp³-hybridized carbons (Fsp3) is 0.500. The number of hydrogen-bond acceptors (Lipinski definition) is 2. The fourth-order valence-corrected chi connectivity index (χ4v) is 3.45. The van der Waals surface area contributed by atoms with Gasteiger partial charge >= 0.3 is 0 Å². The summed E-state index contributed by atoms with van der Waals surface area (Å²) in [6.45, 7) is 6.94. The lowest BCUT2D eigenvalue weighted by Gasteiger charge is -2.24. The van der Waals surface area contributed by atoms with E-state index in [2.05, 4.69) is 15.9 Å². The van der Waals surface area contributed by atoms with Crippen molar-refractivity contribution in [1.82, 2.24) is 0 Å². The Labute approximate surface area is 106 Å². The van der Waals surface area contributed by atoms with Crippen LogP contribution < -0.4 is 0 Å². The number of hydrogen-bond donors (Lipinski definition) is 0. The quantitative estimate of drug-likeness (QED) is 0.834. The number of halogens is 1. The van der Waals surface area contributed by atoms with Gasteiger partial charge in [-0.15, -0.1) is 0 Å². The Morgan fingerprint density at radius 2 is 1.81 bits per heavy atom. The molecule has 1 aromatic carbocycles. The van der Waals surface area contributed by atoms with Gasteiger partial charge in [-0.05, 0) is 45.4 Å². The molecular formula is C12H17BrO2S. The molecule has 4 heteroatoms. The molecule has 0 bridgehead atoms. The van der Waals surface area contributed by atoms with Crippen LogP contribution in [0.2, 0.25) is 0 Å². The maximum atomic E-state index is 12.2. The highest BCUT2D eigenvalue weighted by atomic mass is 79.9. The van der Waals surface area contributed by atoms with Crippen LogP contribution in [0.1, 0.15) is 38.5 Å². The summed E-state index contributed by atoms with van der Waals surface area (Å²) in [7, 11) is -3.17. The first-order valence-electron chi connectivity index (χ1n) is 5.15. The van der Waals surface area contributed by atoms with Crippen molar-refractivity contribution in [3.05, 3.63) is 34.3 Å². The van der Waals surface area contributed by atoms with Crippen LogP contribution in [0, 0.1) is 0 Å². The van der Waals surface area contributed by atoms with E-state index in [0.29, 0.717) is 0 Å². The van der Waals surface area contributed by atoms with Crippen LogP contribution >= 0.6 is 15.9 Å². The molecule has 0 N–H and O–H groups in total. The van der Waals surface area contributed by atoms with E-state index >= 15 is 0 Å². The van der Waals surface area contributed by atoms with E-state index in [-0.39, 0.29) is 0 Å². The van der Waals surface area contributed by atoms with E-state index in [1.54, 1.807) is 27.7 Å². The molecule has 0 amide bonds. The Bertz CT molecular complexity index is 472. The lowest BCUT2D eigenvalue weighted by atomic mass is 10.2. The molecule has 0 heterocycles. The highest BCUT2D eigenvalue weighted by Crippen LogP contribution is 2.32. The van der Waals surface area contributed by atoms with Crippen molar-refractivity contribution in [1.29, 1.82) is 0 Å². The number of rotatable bonds is 2. The second kappa shape index (κ2) is 4.49. The van der Waals surface area contributed by atoms with Crippen molar-refractivity contribution in [3.8, 4) is 0 Å². The van der Waals surface area contributed by atoms with Crippen molar-refractivity contribution in [2.75, 3.05) is 0 Å². The lowest BCUT2D eigenvalue weighted by molar-refractivity contribution is 0.549. The largest absolute Gasteiger partial charge is 0.228 e. The van der Waals surface area contributed by atoms with Gasteiger partial charge in [-0.1, -0.05) is 28.1 Å². The number of benzene rings is 1. The Kier molecular flexibility index (Phi) is 3.85. The third-order valence-electron chi connectivity index (χ3n) is 2.64. The van der Waals surface area contributed by atoms with Gasteiger partial charge in [0.2, 0.25) is 0 Å². The van der Waals surface area contributed by atoms with Gasteiger partial charge in [-0.25, -0.2) is 8.42 Å². The van der Waals surface area contributed by atoms with Crippen molar-refractivity contribution >= 4 is 25.8 Å². The molecule has 0 spiro atoms. The van der Waals surface area contributed by atoms with Gasteiger partial charge in [-0.2, -0.15) is 0 Å². The maximum absolute atomic E-state index is 12.2. The highest BCUT2D eigenvalue weighted by molar-refractivity contribution is 9.10. The van der Waals surface area contributed by atoms with Crippen LogP contribution in [0.3, 0.4) is 0 Å². The summed E-state index contributed by atoms with van der Waals surface area (Å²) in [6, 6.07) is 7.45. The van der Waals surface area contributed by atoms with Crippen molar-refractivity contribution in [3.63, 3.8) is 0 Å². The second-order valence-corrected chi connectivity index (χ2v) is 8.79. The average molecular weight is 305 g/mol. The molecule has 16 heavy (non-hydrogen) atoms. The van der Waals surface area contributed by atoms with Gasteiger partial charge in [-0.3, -0.25) is 0 Å². The van der Waals surface area contributed by atoms with Gasteiger partial charge in [0.1, 0.15) is 0 Å². The minimum atomic E-state index is -3.17. The summed E-state index contributed by atoms with van der Waals surface area (Å²) in [4.78, 5) is 0. The van der Waals surface area contributed by atoms with Gasteiger partial charge in [0.15, 0.2) is 9.84 Å². The summed E-state index contributed by atoms with van der Waals surface area (Å²) >= 11 is 3.35. The standard InChI is InChI=1S/C12H17BrO2S/c1-9(16(14,15)12(2,3)4)10-6-5-7-11(13)8-10/h5-9H,1-4H3.